The van der Waals surface area contributed by atoms with Crippen LogP contribution in [0, 0.1) is 0 Å². The number of carbonyl (C=O) groups excluding carboxylic acids is 1. The molecule has 1 amide bonds. The maximum Gasteiger partial charge on any atom is 1.00 e. The van der Waals surface area contributed by atoms with Crippen molar-refractivity contribution in [3.8, 4) is 0 Å². The monoisotopic (exact) mass is 1710 g/mol. The summed E-state index contributed by atoms with van der Waals surface area (Å²) in [7, 11) is -18.7. The average molecular weight is 1710 g/mol. The molecule has 7 rings (SSSR count). The van der Waals surface area contributed by atoms with E-state index in [2.05, 4.69) is 41.5 Å². The summed E-state index contributed by atoms with van der Waals surface area (Å²) in [5.74, 6) is -1.90. The summed E-state index contributed by atoms with van der Waals surface area (Å²) < 4.78 is 129. The van der Waals surface area contributed by atoms with E-state index in [1.807, 2.05) is 19.1 Å². The minimum Gasteiger partial charge on any atom is 1.00 e. The number of phosphoric ester groups is 4. The molecule has 16 unspecified atom stereocenters. The molecule has 600 valence electrons. The van der Waals surface area contributed by atoms with Crippen LogP contribution in [0.2, 0.25) is 0 Å². The Labute approximate surface area is 699 Å². The molecule has 0 aliphatic carbocycles. The van der Waals surface area contributed by atoms with Gasteiger partial charge in [-0.05, 0) is 0 Å². The first-order valence-corrected chi connectivity index (χ1v) is 35.9. The van der Waals surface area contributed by atoms with Gasteiger partial charge in [-0.25, -0.2) is 23.0 Å². The number of nitrogens with two attached hydrogens (primary N) is 2. The zero-order chi connectivity index (χ0) is 78.9. The van der Waals surface area contributed by atoms with Crippen molar-refractivity contribution in [1.29, 1.82) is 0 Å². The normalized spacial score (nSPS) is 32.8. The van der Waals surface area contributed by atoms with E-state index in [1.165, 1.54) is 14.2 Å². The van der Waals surface area contributed by atoms with Crippen molar-refractivity contribution in [1.82, 2.24) is 24.4 Å². The van der Waals surface area contributed by atoms with Crippen molar-refractivity contribution in [3.63, 3.8) is 0 Å². The number of rotatable bonds is 30. The Balaban J connectivity index is 0. The van der Waals surface area contributed by atoms with Gasteiger partial charge < -0.3 is 165 Å². The fourth-order valence-electron chi connectivity index (χ4n) is 8.84. The number of carboxylic acid groups (broad SMARTS) is 1. The molecule has 5 aliphatic heterocycles. The molecule has 62 heteroatoms. The van der Waals surface area contributed by atoms with Crippen LogP contribution in [0.1, 0.15) is 12.5 Å². The zero-order valence-corrected chi connectivity index (χ0v) is 70.5. The SMILES string of the molecule is COCCOCC(=O)NC1[C@@H](OP(=O)([O-])OP(=O)([O-])OCC2OC(n3ccc(=O)[nH]c3=O)[C@H](O)[C@@H]2O)OC(CO)[C@H](O)[C@@H]1O.COCCOCC(=O)O.NC1C(O)OC(CO)[C@H](O)[C@@H]1O.NC1[C@@H](OP(=O)([O-])OP(=O)([O-])OCC2OC(n3ccc(=O)[nH]c3=O)[C@H](O)[C@@H]2O)OC(CO)[C@H](O)[C@@H]1O.O=BP.[Na+].[Na+].[Na+].[Na+]. The number of H-pyrrole nitrogens is 2. The van der Waals surface area contributed by atoms with Crippen LogP contribution in [0.15, 0.2) is 43.7 Å². The van der Waals surface area contributed by atoms with Crippen LogP contribution in [0.4, 0.5) is 0 Å². The molecule has 0 aromatic carbocycles. The predicted molar refractivity (Wildman–Crippen MR) is 324 cm³/mol. The van der Waals surface area contributed by atoms with Crippen molar-refractivity contribution in [3.05, 3.63) is 66.2 Å². The molecule has 22 N–H and O–H groups in total. The van der Waals surface area contributed by atoms with Crippen molar-refractivity contribution in [2.45, 2.75) is 141 Å². The molecular formula is C46H79BN7Na4O45P5. The number of amides is 1. The summed E-state index contributed by atoms with van der Waals surface area (Å²) in [6.07, 6.45) is -31.5. The number of aromatic nitrogens is 4. The topological polar surface area (TPSA) is 827 Å². The van der Waals surface area contributed by atoms with Crippen molar-refractivity contribution in [2.75, 3.05) is 86.9 Å². The van der Waals surface area contributed by atoms with E-state index >= 15 is 0 Å². The summed E-state index contributed by atoms with van der Waals surface area (Å²) in [5.41, 5.74) is 7.20. The number of hydrogen-bond acceptors (Lipinski definition) is 46. The molecular weight excluding hydrogens is 1630 g/mol. The number of carbonyl (C=O) groups is 2. The number of aliphatic hydroxyl groups excluding tert-OH is 14. The molecule has 5 fully saturated rings. The molecule has 0 radical (unpaired) electrons. The van der Waals surface area contributed by atoms with E-state index in [0.717, 1.165) is 24.5 Å². The summed E-state index contributed by atoms with van der Waals surface area (Å²) in [5, 5.41) is 145. The fraction of sp³-hybridized carbons (Fsp3) is 0.783. The molecule has 5 saturated heterocycles. The second kappa shape index (κ2) is 52.8. The molecule has 0 bridgehead atoms. The summed E-state index contributed by atoms with van der Waals surface area (Å²) >= 11 is 0. The number of aliphatic carboxylic acids is 1. The standard InChI is InChI=1S/C20H33N3O19P2.C15H25N3O16P2.C6H13NO5.C5H10O4.BH2OP.4Na/c1-36-4-5-37-8-12(26)21-13-16(29)14(27)9(6-24)40-19(13)41-44(34,35)42-43(32,33)38-7-10-15(28)17(30)18(39-10)23-3-2-11(25)22-20(23)31;16-8-11(23)9(21)5(3-19)32-14(8)33-36(28,29)34-35(26,27)30-4-6-10(22)12(24)13(31-6)18-2-1-7(20)17-15(18)25;7-3-5(10)4(9)2(1-8)12-6(3)11;1-8-2-3-9-4-5(6)7;2-1-3;;;;/h2-3,9-10,13-19,24,27-30H,4-8H2,1H3,(H,21,26)(H,32,33)(H,34,35)(H,22,25,31);1-2,5-6,8-14,19,21-24H,3-4,16H2,(H,26,27)(H,28,29)(H,17,20,25);2-6,8-11H,1,7H2;2-4H2,1H3,(H,6,7);3H2;;;;/q;;;;;4*+1/p-4/t9?,10?,13?,14-,15+,16+,17+,18?,19+;5?,6?,8?,9-,10+,11+,12+,13?,14+;2?,3?,4-,5+,6?;;;;;;/m000....../s1. The third-order valence-corrected chi connectivity index (χ3v) is 19.1. The van der Waals surface area contributed by atoms with Gasteiger partial charge in [0.2, 0.25) is 5.91 Å². The Morgan fingerprint density at radius 3 is 1.27 bits per heavy atom. The van der Waals surface area contributed by atoms with Gasteiger partial charge in [-0.3, -0.25) is 60.8 Å². The van der Waals surface area contributed by atoms with Crippen LogP contribution in [-0.4, -0.2) is 330 Å². The number of phosphoric acid groups is 4. The van der Waals surface area contributed by atoms with E-state index in [0.29, 0.717) is 29.2 Å². The maximum absolute atomic E-state index is 12.5. The molecule has 0 saturated carbocycles. The van der Waals surface area contributed by atoms with E-state index < -0.39 is 246 Å². The first-order valence-electron chi connectivity index (χ1n) is 29.4. The molecule has 7 heterocycles. The van der Waals surface area contributed by atoms with E-state index in [1.54, 1.807) is 0 Å². The van der Waals surface area contributed by atoms with Gasteiger partial charge in [0.1, 0.15) is 111 Å². The third kappa shape index (κ3) is 35.4. The van der Waals surface area contributed by atoms with Crippen LogP contribution >= 0.6 is 40.4 Å². The Morgan fingerprint density at radius 1 is 0.537 bits per heavy atom. The molecule has 28 atom stereocenters. The molecule has 52 nitrogen and oxygen atoms in total. The predicted octanol–water partition coefficient (Wildman–Crippen LogP) is -28.0. The molecule has 5 aliphatic rings. The number of nitrogens with zero attached hydrogens (tertiary/aromatic N) is 2. The zero-order valence-electron chi connectivity index (χ0n) is 57.8. The second-order valence-corrected chi connectivity index (χ2v) is 27.5. The number of aliphatic hydroxyl groups is 14. The first-order chi connectivity index (χ1) is 48.5. The Kier molecular flexibility index (Phi) is 53.9. The summed E-state index contributed by atoms with van der Waals surface area (Å²) in [6, 6.07) is -2.77. The van der Waals surface area contributed by atoms with Gasteiger partial charge in [-0.15, -0.1) is 0 Å². The van der Waals surface area contributed by atoms with Gasteiger partial charge >= 0.3 is 156 Å². The Morgan fingerprint density at radius 2 is 0.889 bits per heavy atom. The number of hydrogen-bond donors (Lipinski definition) is 20. The van der Waals surface area contributed by atoms with Gasteiger partial charge in [0.05, 0.1) is 71.5 Å². The van der Waals surface area contributed by atoms with Crippen LogP contribution in [0.25, 0.3) is 0 Å². The molecule has 108 heavy (non-hydrogen) atoms. The second-order valence-electron chi connectivity index (χ2n) is 21.4. The van der Waals surface area contributed by atoms with Gasteiger partial charge in [0, 0.05) is 38.7 Å². The van der Waals surface area contributed by atoms with Crippen molar-refractivity contribution in [2.24, 2.45) is 11.5 Å². The van der Waals surface area contributed by atoms with Gasteiger partial charge in [0.25, 0.3) is 42.4 Å². The van der Waals surface area contributed by atoms with E-state index in [9.17, 15) is 123 Å². The van der Waals surface area contributed by atoms with E-state index in [4.69, 9.17) is 69.8 Å². The fourth-order valence-corrected chi connectivity index (χ4v) is 13.0. The average Bonchev–Trinajstić information content (AvgIpc) is 1.47. The minimum atomic E-state index is -6.02. The largest absolute Gasteiger partial charge is 1.00 e. The summed E-state index contributed by atoms with van der Waals surface area (Å²) in [6.45, 7) is -3.86. The van der Waals surface area contributed by atoms with Gasteiger partial charge in [0.15, 0.2) is 31.3 Å². The van der Waals surface area contributed by atoms with Crippen molar-refractivity contribution < 1.29 is 316 Å². The number of nitrogens with one attached hydrogen (secondary N) is 3. The maximum atomic E-state index is 12.5. The third-order valence-electron chi connectivity index (χ3n) is 14.0. The van der Waals surface area contributed by atoms with Crippen LogP contribution in [0.5, 0.6) is 0 Å². The summed E-state index contributed by atoms with van der Waals surface area (Å²) in [4.78, 5) is 121. The van der Waals surface area contributed by atoms with Gasteiger partial charge in [-0.1, -0.05) is 0 Å². The quantitative estimate of drug-likeness (QED) is 0.0196. The van der Waals surface area contributed by atoms with Crippen LogP contribution in [-0.2, 0) is 102 Å². The van der Waals surface area contributed by atoms with E-state index in [-0.39, 0.29) is 138 Å². The molecule has 2 aromatic heterocycles. The van der Waals surface area contributed by atoms with Gasteiger partial charge in [-0.2, -0.15) is 0 Å². The molecule has 0 spiro atoms. The number of methoxy groups -OCH3 is 2. The number of ether oxygens (including phenoxy) is 9. The smallest absolute Gasteiger partial charge is 1.00 e. The minimum absolute atomic E-state index is 0. The number of aromatic amines is 2. The number of carboxylic acids is 1. The van der Waals surface area contributed by atoms with Crippen LogP contribution in [0.3, 0.4) is 0 Å². The molecule has 2 aromatic rings. The Bertz CT molecular complexity index is 3440. The first kappa shape index (κ1) is 110. The Hall–Kier alpha value is 0.115. The van der Waals surface area contributed by atoms with Crippen LogP contribution < -0.4 is 177 Å². The van der Waals surface area contributed by atoms with Crippen molar-refractivity contribution >= 4 is 59.2 Å².